The van der Waals surface area contributed by atoms with Crippen LogP contribution in [0.3, 0.4) is 0 Å². The van der Waals surface area contributed by atoms with Crippen LogP contribution in [0.25, 0.3) is 11.1 Å². The number of hydrogen-bond donors (Lipinski definition) is 1. The van der Waals surface area contributed by atoms with Gasteiger partial charge in [0.2, 0.25) is 0 Å². The predicted molar refractivity (Wildman–Crippen MR) is 105 cm³/mol. The third kappa shape index (κ3) is 4.45. The average Bonchev–Trinajstić information content (AvgIpc) is 2.72. The summed E-state index contributed by atoms with van der Waals surface area (Å²) in [5.74, 6) is -1.67. The first-order valence-corrected chi connectivity index (χ1v) is 8.77. The fraction of sp³-hybridized carbons (Fsp3) is 0.136. The zero-order valence-electron chi connectivity index (χ0n) is 15.8. The summed E-state index contributed by atoms with van der Waals surface area (Å²) in [4.78, 5) is 27.3. The standard InChI is InChI=1S/C22H18F2N2O3/c1-13(27)15-8-9-20(25-11-15)26-12-16-7-6-14(10-19(16)24)17-4-3-5-18(23)21(17)22(28)29-2/h3-11H,12H2,1-2H3,(H,25,26). The highest BCUT2D eigenvalue weighted by atomic mass is 19.1. The van der Waals surface area contributed by atoms with Crippen molar-refractivity contribution in [2.75, 3.05) is 12.4 Å². The number of aromatic nitrogens is 1. The van der Waals surface area contributed by atoms with Crippen LogP contribution in [0, 0.1) is 11.6 Å². The molecule has 1 aromatic heterocycles. The molecule has 0 amide bonds. The SMILES string of the molecule is COC(=O)c1c(F)cccc1-c1ccc(CNc2ccc(C(C)=O)cn2)c(F)c1. The van der Waals surface area contributed by atoms with E-state index in [0.29, 0.717) is 22.5 Å². The molecule has 0 radical (unpaired) electrons. The second kappa shape index (κ2) is 8.60. The largest absolute Gasteiger partial charge is 0.465 e. The molecule has 0 aliphatic carbocycles. The summed E-state index contributed by atoms with van der Waals surface area (Å²) in [6.07, 6.45) is 1.45. The number of methoxy groups -OCH3 is 1. The minimum absolute atomic E-state index is 0.0886. The third-order valence-corrected chi connectivity index (χ3v) is 4.40. The molecule has 3 rings (SSSR count). The maximum absolute atomic E-state index is 14.6. The Labute approximate surface area is 166 Å². The Morgan fingerprint density at radius 3 is 2.48 bits per heavy atom. The van der Waals surface area contributed by atoms with Crippen LogP contribution >= 0.6 is 0 Å². The van der Waals surface area contributed by atoms with E-state index in [4.69, 9.17) is 0 Å². The van der Waals surface area contributed by atoms with Crippen LogP contribution in [0.15, 0.2) is 54.7 Å². The molecule has 0 bridgehead atoms. The topological polar surface area (TPSA) is 68.3 Å². The van der Waals surface area contributed by atoms with Gasteiger partial charge in [-0.3, -0.25) is 4.79 Å². The lowest BCUT2D eigenvalue weighted by Gasteiger charge is -2.11. The van der Waals surface area contributed by atoms with Crippen LogP contribution < -0.4 is 5.32 Å². The zero-order valence-corrected chi connectivity index (χ0v) is 15.8. The van der Waals surface area contributed by atoms with Crippen molar-refractivity contribution in [2.45, 2.75) is 13.5 Å². The van der Waals surface area contributed by atoms with Gasteiger partial charge in [-0.1, -0.05) is 24.3 Å². The molecule has 1 N–H and O–H groups in total. The minimum Gasteiger partial charge on any atom is -0.465 e. The van der Waals surface area contributed by atoms with Gasteiger partial charge in [0.25, 0.3) is 0 Å². The van der Waals surface area contributed by atoms with E-state index >= 15 is 0 Å². The second-order valence-corrected chi connectivity index (χ2v) is 6.30. The number of benzene rings is 2. The van der Waals surface area contributed by atoms with E-state index in [1.54, 1.807) is 24.3 Å². The molecule has 0 unspecified atom stereocenters. The molecule has 0 atom stereocenters. The van der Waals surface area contributed by atoms with Crippen molar-refractivity contribution in [3.63, 3.8) is 0 Å². The van der Waals surface area contributed by atoms with Gasteiger partial charge >= 0.3 is 5.97 Å². The summed E-state index contributed by atoms with van der Waals surface area (Å²) in [6.45, 7) is 1.61. The Morgan fingerprint density at radius 2 is 1.86 bits per heavy atom. The molecule has 7 heteroatoms. The van der Waals surface area contributed by atoms with E-state index < -0.39 is 17.6 Å². The highest BCUT2D eigenvalue weighted by Gasteiger charge is 2.19. The average molecular weight is 396 g/mol. The molecule has 1 heterocycles. The highest BCUT2D eigenvalue weighted by molar-refractivity contribution is 5.97. The summed E-state index contributed by atoms with van der Waals surface area (Å²) in [7, 11) is 1.16. The first-order valence-electron chi connectivity index (χ1n) is 8.77. The van der Waals surface area contributed by atoms with Crippen molar-refractivity contribution in [2.24, 2.45) is 0 Å². The van der Waals surface area contributed by atoms with Crippen molar-refractivity contribution < 1.29 is 23.1 Å². The van der Waals surface area contributed by atoms with Gasteiger partial charge in [0.05, 0.1) is 7.11 Å². The Bertz CT molecular complexity index is 1070. The van der Waals surface area contributed by atoms with Crippen LogP contribution in [-0.2, 0) is 11.3 Å². The molecule has 2 aromatic carbocycles. The monoisotopic (exact) mass is 396 g/mol. The summed E-state index contributed by atoms with van der Waals surface area (Å²) in [5.41, 5.74) is 1.21. The summed E-state index contributed by atoms with van der Waals surface area (Å²) in [6, 6.07) is 11.8. The number of nitrogens with one attached hydrogen (secondary N) is 1. The lowest BCUT2D eigenvalue weighted by atomic mass is 9.98. The minimum atomic E-state index is -0.829. The normalized spacial score (nSPS) is 10.5. The molecule has 0 spiro atoms. The van der Waals surface area contributed by atoms with Crippen LogP contribution in [0.2, 0.25) is 0 Å². The quantitative estimate of drug-likeness (QED) is 0.486. The van der Waals surface area contributed by atoms with E-state index in [2.05, 4.69) is 15.0 Å². The van der Waals surface area contributed by atoms with Gasteiger partial charge in [-0.15, -0.1) is 0 Å². The van der Waals surface area contributed by atoms with Crippen molar-refractivity contribution in [1.82, 2.24) is 4.98 Å². The molecule has 3 aromatic rings. The van der Waals surface area contributed by atoms with E-state index in [9.17, 15) is 18.4 Å². The van der Waals surface area contributed by atoms with Crippen molar-refractivity contribution >= 4 is 17.6 Å². The number of nitrogens with zero attached hydrogens (tertiary/aromatic N) is 1. The zero-order chi connectivity index (χ0) is 21.0. The van der Waals surface area contributed by atoms with Gasteiger partial charge in [0.1, 0.15) is 23.0 Å². The molecule has 0 aliphatic rings. The van der Waals surface area contributed by atoms with Gasteiger partial charge < -0.3 is 10.1 Å². The Hall–Kier alpha value is -3.61. The molecular weight excluding hydrogens is 378 g/mol. The van der Waals surface area contributed by atoms with Crippen LogP contribution in [0.5, 0.6) is 0 Å². The second-order valence-electron chi connectivity index (χ2n) is 6.30. The number of carbonyl (C=O) groups is 2. The maximum atomic E-state index is 14.6. The molecule has 148 valence electrons. The van der Waals surface area contributed by atoms with Gasteiger partial charge in [-0.25, -0.2) is 18.6 Å². The molecule has 0 saturated carbocycles. The number of carbonyl (C=O) groups excluding carboxylic acids is 2. The number of ether oxygens (including phenoxy) is 1. The van der Waals surface area contributed by atoms with E-state index in [-0.39, 0.29) is 23.5 Å². The Balaban J connectivity index is 1.82. The maximum Gasteiger partial charge on any atom is 0.341 e. The smallest absolute Gasteiger partial charge is 0.341 e. The van der Waals surface area contributed by atoms with Crippen molar-refractivity contribution in [3.8, 4) is 11.1 Å². The van der Waals surface area contributed by atoms with Crippen LogP contribution in [-0.4, -0.2) is 23.8 Å². The number of Topliss-reactive ketones (excluding diaryl/α,β-unsaturated/α-hetero) is 1. The van der Waals surface area contributed by atoms with E-state index in [1.165, 1.54) is 31.3 Å². The van der Waals surface area contributed by atoms with Gasteiger partial charge in [0, 0.05) is 23.9 Å². The molecule has 0 fully saturated rings. The third-order valence-electron chi connectivity index (χ3n) is 4.40. The number of hydrogen-bond acceptors (Lipinski definition) is 5. The lowest BCUT2D eigenvalue weighted by Crippen LogP contribution is -2.07. The lowest BCUT2D eigenvalue weighted by molar-refractivity contribution is 0.0596. The highest BCUT2D eigenvalue weighted by Crippen LogP contribution is 2.28. The number of halogens is 2. The number of anilines is 1. The summed E-state index contributed by atoms with van der Waals surface area (Å²) >= 11 is 0. The summed E-state index contributed by atoms with van der Waals surface area (Å²) in [5, 5.41) is 2.98. The predicted octanol–water partition coefficient (Wildman–Crippen LogP) is 4.63. The molecule has 0 saturated heterocycles. The van der Waals surface area contributed by atoms with Crippen LogP contribution in [0.1, 0.15) is 33.2 Å². The van der Waals surface area contributed by atoms with Crippen molar-refractivity contribution in [3.05, 3.63) is 83.1 Å². The molecule has 29 heavy (non-hydrogen) atoms. The molecule has 0 aliphatic heterocycles. The number of ketones is 1. The van der Waals surface area contributed by atoms with E-state index in [1.807, 2.05) is 0 Å². The number of rotatable bonds is 6. The van der Waals surface area contributed by atoms with Gasteiger partial charge in [-0.05, 0) is 42.3 Å². The fourth-order valence-corrected chi connectivity index (χ4v) is 2.82. The first-order chi connectivity index (χ1) is 13.9. The van der Waals surface area contributed by atoms with Crippen molar-refractivity contribution in [1.29, 1.82) is 0 Å². The molecular formula is C22H18F2N2O3. The van der Waals surface area contributed by atoms with Crippen LogP contribution in [0.4, 0.5) is 14.6 Å². The Morgan fingerprint density at radius 1 is 1.07 bits per heavy atom. The van der Waals surface area contributed by atoms with Gasteiger partial charge in [0.15, 0.2) is 5.78 Å². The molecule has 5 nitrogen and oxygen atoms in total. The Kier molecular flexibility index (Phi) is 5.97. The van der Waals surface area contributed by atoms with E-state index in [0.717, 1.165) is 13.2 Å². The summed E-state index contributed by atoms with van der Waals surface area (Å²) < 4.78 is 33.3. The van der Waals surface area contributed by atoms with Gasteiger partial charge in [-0.2, -0.15) is 0 Å². The number of esters is 1. The number of pyridine rings is 1. The first kappa shape index (κ1) is 20.1. The fourth-order valence-electron chi connectivity index (χ4n) is 2.82.